The third-order valence-corrected chi connectivity index (χ3v) is 0.674. The molecule has 66 valence electrons. The highest BCUT2D eigenvalue weighted by Crippen LogP contribution is 2.16. The molecule has 0 fully saturated rings. The predicted octanol–water partition coefficient (Wildman–Crippen LogP) is 0.678. The summed E-state index contributed by atoms with van der Waals surface area (Å²) in [7, 11) is 0. The fourth-order valence-corrected chi connectivity index (χ4v) is 0.134. The van der Waals surface area contributed by atoms with Crippen LogP contribution in [0.25, 0.3) is 0 Å². The monoisotopic (exact) mass is 200 g/mol. The van der Waals surface area contributed by atoms with Gasteiger partial charge in [-0.2, -0.15) is 13.2 Å². The van der Waals surface area contributed by atoms with Crippen molar-refractivity contribution in [2.24, 2.45) is 11.5 Å². The largest absolute Gasteiger partial charge is 0.404 e. The molecule has 0 aliphatic rings. The highest BCUT2D eigenvalue weighted by molar-refractivity contribution is 5.85. The Morgan fingerprint density at radius 1 is 1.20 bits per heavy atom. The summed E-state index contributed by atoms with van der Waals surface area (Å²) in [5.74, 6) is 0. The Hall–Kier alpha value is 0.290. The molecule has 0 unspecified atom stereocenters. The standard InChI is InChI=1S/C3H7F3N2.2ClH/c4-3(5,6)2(8)1-7;;/h2H,1,7-8H2;2*1H/t2-;;/m0../s1. The van der Waals surface area contributed by atoms with E-state index in [0.717, 1.165) is 0 Å². The van der Waals surface area contributed by atoms with E-state index < -0.39 is 18.8 Å². The van der Waals surface area contributed by atoms with Crippen molar-refractivity contribution in [3.63, 3.8) is 0 Å². The SMILES string of the molecule is Cl.Cl.NC[C@H](N)C(F)(F)F. The van der Waals surface area contributed by atoms with Gasteiger partial charge in [-0.05, 0) is 0 Å². The topological polar surface area (TPSA) is 52.0 Å². The van der Waals surface area contributed by atoms with Gasteiger partial charge < -0.3 is 11.5 Å². The molecule has 0 aromatic heterocycles. The lowest BCUT2D eigenvalue weighted by Crippen LogP contribution is -2.43. The van der Waals surface area contributed by atoms with Crippen molar-refractivity contribution >= 4 is 24.8 Å². The van der Waals surface area contributed by atoms with Gasteiger partial charge in [0, 0.05) is 6.54 Å². The van der Waals surface area contributed by atoms with E-state index in [1.54, 1.807) is 0 Å². The summed E-state index contributed by atoms with van der Waals surface area (Å²) in [5.41, 5.74) is 9.11. The lowest BCUT2D eigenvalue weighted by atomic mass is 10.3. The third-order valence-electron chi connectivity index (χ3n) is 0.674. The maximum Gasteiger partial charge on any atom is 0.404 e. The second kappa shape index (κ2) is 6.03. The average molecular weight is 201 g/mol. The van der Waals surface area contributed by atoms with E-state index in [-0.39, 0.29) is 24.8 Å². The van der Waals surface area contributed by atoms with Crippen molar-refractivity contribution in [2.75, 3.05) is 6.54 Å². The Balaban J connectivity index is -0.000000245. The normalized spacial score (nSPS) is 12.9. The van der Waals surface area contributed by atoms with Crippen LogP contribution in [-0.2, 0) is 0 Å². The molecule has 0 rings (SSSR count). The van der Waals surface area contributed by atoms with E-state index in [1.807, 2.05) is 0 Å². The Bertz CT molecular complexity index is 76.6. The molecule has 0 amide bonds. The van der Waals surface area contributed by atoms with Gasteiger partial charge >= 0.3 is 6.18 Å². The summed E-state index contributed by atoms with van der Waals surface area (Å²) in [6, 6.07) is -1.87. The van der Waals surface area contributed by atoms with E-state index >= 15 is 0 Å². The van der Waals surface area contributed by atoms with E-state index in [9.17, 15) is 13.2 Å². The quantitative estimate of drug-likeness (QED) is 0.655. The fourth-order valence-electron chi connectivity index (χ4n) is 0.134. The molecule has 0 aromatic rings. The van der Waals surface area contributed by atoms with E-state index in [4.69, 9.17) is 0 Å². The number of alkyl halides is 3. The Kier molecular flexibility index (Phi) is 10.1. The summed E-state index contributed by atoms with van der Waals surface area (Å²) >= 11 is 0. The fraction of sp³-hybridized carbons (Fsp3) is 1.00. The van der Waals surface area contributed by atoms with Crippen LogP contribution in [0.2, 0.25) is 0 Å². The van der Waals surface area contributed by atoms with Gasteiger partial charge in [-0.15, -0.1) is 24.8 Å². The van der Waals surface area contributed by atoms with E-state index in [2.05, 4.69) is 11.5 Å². The van der Waals surface area contributed by atoms with Crippen molar-refractivity contribution in [2.45, 2.75) is 12.2 Å². The van der Waals surface area contributed by atoms with Gasteiger partial charge in [-0.3, -0.25) is 0 Å². The Labute approximate surface area is 69.0 Å². The molecule has 2 nitrogen and oxygen atoms in total. The predicted molar refractivity (Wildman–Crippen MR) is 37.6 cm³/mol. The van der Waals surface area contributed by atoms with Crippen LogP contribution < -0.4 is 11.5 Å². The van der Waals surface area contributed by atoms with Crippen LogP contribution in [0.15, 0.2) is 0 Å². The molecule has 0 heterocycles. The lowest BCUT2D eigenvalue weighted by molar-refractivity contribution is -0.145. The summed E-state index contributed by atoms with van der Waals surface area (Å²) in [6.45, 7) is -0.552. The first-order valence-corrected chi connectivity index (χ1v) is 2.01. The van der Waals surface area contributed by atoms with Gasteiger partial charge in [-0.1, -0.05) is 0 Å². The highest BCUT2D eigenvalue weighted by Gasteiger charge is 2.35. The van der Waals surface area contributed by atoms with Crippen LogP contribution in [0.3, 0.4) is 0 Å². The molecule has 0 radical (unpaired) electrons. The van der Waals surface area contributed by atoms with Gasteiger partial charge in [0.15, 0.2) is 0 Å². The summed E-state index contributed by atoms with van der Waals surface area (Å²) in [5, 5.41) is 0. The number of nitrogens with two attached hydrogens (primary N) is 2. The molecule has 4 N–H and O–H groups in total. The van der Waals surface area contributed by atoms with Crippen molar-refractivity contribution < 1.29 is 13.2 Å². The average Bonchev–Trinajstić information content (AvgIpc) is 1.62. The summed E-state index contributed by atoms with van der Waals surface area (Å²) in [6.07, 6.45) is -4.34. The Morgan fingerprint density at radius 3 is 1.50 bits per heavy atom. The first-order chi connectivity index (χ1) is 3.48. The zero-order valence-electron chi connectivity index (χ0n) is 4.89. The van der Waals surface area contributed by atoms with Crippen molar-refractivity contribution in [3.8, 4) is 0 Å². The van der Waals surface area contributed by atoms with E-state index in [1.165, 1.54) is 0 Å². The number of rotatable bonds is 1. The molecule has 0 aromatic carbocycles. The van der Waals surface area contributed by atoms with Crippen LogP contribution in [0.5, 0.6) is 0 Å². The van der Waals surface area contributed by atoms with Gasteiger partial charge in [-0.25, -0.2) is 0 Å². The number of hydrogen-bond donors (Lipinski definition) is 2. The minimum atomic E-state index is -4.34. The first-order valence-electron chi connectivity index (χ1n) is 2.01. The zero-order chi connectivity index (χ0) is 6.78. The third kappa shape index (κ3) is 6.41. The first kappa shape index (κ1) is 16.7. The van der Waals surface area contributed by atoms with Crippen molar-refractivity contribution in [1.29, 1.82) is 0 Å². The van der Waals surface area contributed by atoms with Gasteiger partial charge in [0.25, 0.3) is 0 Å². The molecule has 1 atom stereocenters. The van der Waals surface area contributed by atoms with Crippen LogP contribution in [0, 0.1) is 0 Å². The van der Waals surface area contributed by atoms with Crippen LogP contribution >= 0.6 is 24.8 Å². The molecule has 0 spiro atoms. The minimum absolute atomic E-state index is 0. The van der Waals surface area contributed by atoms with Gasteiger partial charge in [0.2, 0.25) is 0 Å². The maximum atomic E-state index is 11.2. The second-order valence-corrected chi connectivity index (χ2v) is 1.38. The van der Waals surface area contributed by atoms with E-state index in [0.29, 0.717) is 0 Å². The summed E-state index contributed by atoms with van der Waals surface area (Å²) in [4.78, 5) is 0. The molecular formula is C3H9Cl2F3N2. The Morgan fingerprint density at radius 2 is 1.50 bits per heavy atom. The molecule has 0 bridgehead atoms. The van der Waals surface area contributed by atoms with Crippen LogP contribution in [-0.4, -0.2) is 18.8 Å². The number of halogens is 5. The molecule has 0 aliphatic heterocycles. The smallest absolute Gasteiger partial charge is 0.329 e. The molecule has 10 heavy (non-hydrogen) atoms. The molecule has 7 heteroatoms. The highest BCUT2D eigenvalue weighted by atomic mass is 35.5. The van der Waals surface area contributed by atoms with Crippen LogP contribution in [0.4, 0.5) is 13.2 Å². The second-order valence-electron chi connectivity index (χ2n) is 1.38. The zero-order valence-corrected chi connectivity index (χ0v) is 6.52. The maximum absolute atomic E-state index is 11.2. The molecule has 0 saturated carbocycles. The van der Waals surface area contributed by atoms with Gasteiger partial charge in [0.1, 0.15) is 6.04 Å². The summed E-state index contributed by atoms with van der Waals surface area (Å²) < 4.78 is 33.7. The molecular weight excluding hydrogens is 192 g/mol. The van der Waals surface area contributed by atoms with Gasteiger partial charge in [0.05, 0.1) is 0 Å². The minimum Gasteiger partial charge on any atom is -0.329 e. The van der Waals surface area contributed by atoms with Crippen molar-refractivity contribution in [3.05, 3.63) is 0 Å². The number of hydrogen-bond acceptors (Lipinski definition) is 2. The van der Waals surface area contributed by atoms with Crippen molar-refractivity contribution in [1.82, 2.24) is 0 Å². The van der Waals surface area contributed by atoms with Crippen LogP contribution in [0.1, 0.15) is 0 Å². The molecule has 0 aliphatic carbocycles. The lowest BCUT2D eigenvalue weighted by Gasteiger charge is -2.11. The molecule has 0 saturated heterocycles.